The van der Waals surface area contributed by atoms with Crippen LogP contribution in [0.25, 0.3) is 27.7 Å². The molecule has 0 unspecified atom stereocenters. The number of aliphatic hydroxyl groups is 1. The molecule has 7 nitrogen and oxygen atoms in total. The number of aromatic nitrogens is 2. The van der Waals surface area contributed by atoms with Gasteiger partial charge in [0.05, 0.1) is 33.7 Å². The van der Waals surface area contributed by atoms with Crippen LogP contribution in [0, 0.1) is 30.3 Å². The fourth-order valence-corrected chi connectivity index (χ4v) is 6.99. The lowest BCUT2D eigenvalue weighted by Gasteiger charge is -2.48. The van der Waals surface area contributed by atoms with Gasteiger partial charge in [-0.05, 0) is 67.9 Å². The molecule has 4 heterocycles. The number of anilines is 2. The van der Waals surface area contributed by atoms with E-state index in [1.165, 1.54) is 22.8 Å². The molecule has 0 saturated carbocycles. The zero-order chi connectivity index (χ0) is 31.4. The van der Waals surface area contributed by atoms with Crippen LogP contribution in [0.4, 0.5) is 24.5 Å². The van der Waals surface area contributed by atoms with Crippen LogP contribution in [0.5, 0.6) is 5.75 Å². The van der Waals surface area contributed by atoms with Gasteiger partial charge in [-0.25, -0.2) is 13.2 Å². The Balaban J connectivity index is 1.83. The standard InChI is InChI=1S/C34H37F3N4O3/c1-18(2)29-30(20(4)11-12-38-29)41-31-22(15-24(36)27(28(31)37)26-23(35)7-5-8-25(26)43)32-33(34(41)44)39(13-6-14-42)17-21-10-9-19(3)16-40(21)32/h5,7-8,11-12,15,18-19,21,42-43H,6,9-10,13-14,16-17H2,1-4H3/t19-,21+/m0/s1. The quantitative estimate of drug-likeness (QED) is 0.264. The first-order chi connectivity index (χ1) is 21.0. The van der Waals surface area contributed by atoms with E-state index in [0.29, 0.717) is 54.4 Å². The molecule has 232 valence electrons. The second-order valence-electron chi connectivity index (χ2n) is 12.4. The molecule has 44 heavy (non-hydrogen) atoms. The Morgan fingerprint density at radius 3 is 2.50 bits per heavy atom. The number of aliphatic hydroxyl groups excluding tert-OH is 1. The summed E-state index contributed by atoms with van der Waals surface area (Å²) in [5, 5.41) is 20.5. The lowest BCUT2D eigenvalue weighted by molar-refractivity contribution is 0.287. The number of piperidine rings is 1. The predicted molar refractivity (Wildman–Crippen MR) is 167 cm³/mol. The first kappa shape index (κ1) is 30.0. The van der Waals surface area contributed by atoms with E-state index in [1.54, 1.807) is 19.2 Å². The molecule has 0 spiro atoms. The number of fused-ring (bicyclic) bond motifs is 5. The highest BCUT2D eigenvalue weighted by Crippen LogP contribution is 2.47. The van der Waals surface area contributed by atoms with Gasteiger partial charge in [0.15, 0.2) is 5.82 Å². The van der Waals surface area contributed by atoms with Gasteiger partial charge in [0.25, 0.3) is 5.56 Å². The third kappa shape index (κ3) is 4.70. The van der Waals surface area contributed by atoms with Crippen LogP contribution < -0.4 is 15.4 Å². The van der Waals surface area contributed by atoms with E-state index < -0.39 is 39.9 Å². The van der Waals surface area contributed by atoms with Gasteiger partial charge in [-0.1, -0.05) is 26.8 Å². The van der Waals surface area contributed by atoms with E-state index in [-0.39, 0.29) is 35.4 Å². The Kier molecular flexibility index (Phi) is 7.82. The van der Waals surface area contributed by atoms with E-state index in [9.17, 15) is 15.0 Å². The summed E-state index contributed by atoms with van der Waals surface area (Å²) in [4.78, 5) is 23.5. The smallest absolute Gasteiger partial charge is 0.281 e. The van der Waals surface area contributed by atoms with Crippen molar-refractivity contribution >= 4 is 22.3 Å². The van der Waals surface area contributed by atoms with E-state index in [0.717, 1.165) is 18.9 Å². The van der Waals surface area contributed by atoms with E-state index in [1.807, 2.05) is 18.7 Å². The average molecular weight is 607 g/mol. The monoisotopic (exact) mass is 606 g/mol. The SMILES string of the molecule is Cc1ccnc(C(C)C)c1-n1c(=O)c2c(c3cc(F)c(-c4c(O)cccc4F)c(F)c31)N1C[C@@H](C)CC[C@@H]1CN2CCCO. The highest BCUT2D eigenvalue weighted by molar-refractivity contribution is 6.03. The molecule has 0 amide bonds. The van der Waals surface area contributed by atoms with Gasteiger partial charge in [-0.3, -0.25) is 14.3 Å². The van der Waals surface area contributed by atoms with Gasteiger partial charge in [0.2, 0.25) is 0 Å². The van der Waals surface area contributed by atoms with Gasteiger partial charge < -0.3 is 20.0 Å². The number of hydrogen-bond donors (Lipinski definition) is 2. The summed E-state index contributed by atoms with van der Waals surface area (Å²) >= 11 is 0. The lowest BCUT2D eigenvalue weighted by Crippen LogP contribution is -2.55. The Labute approximate surface area is 254 Å². The molecular formula is C34H37F3N4O3. The van der Waals surface area contributed by atoms with E-state index in [4.69, 9.17) is 0 Å². The first-order valence-electron chi connectivity index (χ1n) is 15.2. The van der Waals surface area contributed by atoms with Crippen molar-refractivity contribution in [1.82, 2.24) is 9.55 Å². The van der Waals surface area contributed by atoms with Gasteiger partial charge in [0, 0.05) is 43.9 Å². The molecule has 2 aromatic heterocycles. The molecule has 2 aliphatic heterocycles. The molecule has 1 saturated heterocycles. The number of rotatable bonds is 6. The molecule has 0 aliphatic carbocycles. The summed E-state index contributed by atoms with van der Waals surface area (Å²) in [5.74, 6) is -3.67. The van der Waals surface area contributed by atoms with Crippen molar-refractivity contribution in [2.24, 2.45) is 5.92 Å². The van der Waals surface area contributed by atoms with Crippen molar-refractivity contribution in [1.29, 1.82) is 0 Å². The van der Waals surface area contributed by atoms with Gasteiger partial charge in [0.1, 0.15) is 23.1 Å². The van der Waals surface area contributed by atoms with Crippen molar-refractivity contribution in [2.45, 2.75) is 58.9 Å². The Bertz CT molecular complexity index is 1800. The van der Waals surface area contributed by atoms with Gasteiger partial charge in [-0.15, -0.1) is 0 Å². The van der Waals surface area contributed by atoms with Crippen molar-refractivity contribution in [2.75, 3.05) is 36.0 Å². The maximum atomic E-state index is 17.2. The number of aryl methyl sites for hydroxylation is 1. The second-order valence-corrected chi connectivity index (χ2v) is 12.4. The number of halogens is 3. The average Bonchev–Trinajstić information content (AvgIpc) is 2.98. The van der Waals surface area contributed by atoms with Crippen molar-refractivity contribution in [3.05, 3.63) is 75.6 Å². The Hall–Kier alpha value is -4.05. The second kappa shape index (κ2) is 11.5. The molecule has 1 fully saturated rings. The number of benzene rings is 2. The summed E-state index contributed by atoms with van der Waals surface area (Å²) < 4.78 is 49.8. The van der Waals surface area contributed by atoms with E-state index in [2.05, 4.69) is 16.8 Å². The van der Waals surface area contributed by atoms with Crippen LogP contribution in [-0.4, -0.2) is 52.0 Å². The molecule has 2 atom stereocenters. The van der Waals surface area contributed by atoms with Crippen LogP contribution in [0.2, 0.25) is 0 Å². The highest BCUT2D eigenvalue weighted by atomic mass is 19.1. The number of hydrogen-bond acceptors (Lipinski definition) is 6. The summed E-state index contributed by atoms with van der Waals surface area (Å²) in [6.07, 6.45) is 3.86. The summed E-state index contributed by atoms with van der Waals surface area (Å²) in [5.41, 5.74) is 0.286. The predicted octanol–water partition coefficient (Wildman–Crippen LogP) is 6.41. The zero-order valence-corrected chi connectivity index (χ0v) is 25.4. The largest absolute Gasteiger partial charge is 0.507 e. The van der Waals surface area contributed by atoms with Crippen LogP contribution in [0.15, 0.2) is 41.3 Å². The topological polar surface area (TPSA) is 81.8 Å². The Morgan fingerprint density at radius 1 is 1.02 bits per heavy atom. The van der Waals surface area contributed by atoms with Crippen molar-refractivity contribution in [3.63, 3.8) is 0 Å². The maximum Gasteiger partial charge on any atom is 0.281 e. The molecule has 0 bridgehead atoms. The fraction of sp³-hybridized carbons (Fsp3) is 0.412. The number of nitrogens with zero attached hydrogens (tertiary/aromatic N) is 4. The molecule has 2 aromatic carbocycles. The summed E-state index contributed by atoms with van der Waals surface area (Å²) in [6.45, 7) is 9.22. The zero-order valence-electron chi connectivity index (χ0n) is 25.4. The summed E-state index contributed by atoms with van der Waals surface area (Å²) in [7, 11) is 0. The molecule has 6 rings (SSSR count). The third-order valence-electron chi connectivity index (χ3n) is 9.03. The van der Waals surface area contributed by atoms with Crippen LogP contribution >= 0.6 is 0 Å². The Morgan fingerprint density at radius 2 is 1.80 bits per heavy atom. The van der Waals surface area contributed by atoms with Crippen LogP contribution in [-0.2, 0) is 0 Å². The minimum Gasteiger partial charge on any atom is -0.507 e. The molecule has 4 aromatic rings. The van der Waals surface area contributed by atoms with Crippen LogP contribution in [0.1, 0.15) is 57.2 Å². The normalized spacial score (nSPS) is 18.2. The van der Waals surface area contributed by atoms with Crippen LogP contribution in [0.3, 0.4) is 0 Å². The highest BCUT2D eigenvalue weighted by Gasteiger charge is 2.40. The number of pyridine rings is 2. The lowest BCUT2D eigenvalue weighted by atomic mass is 9.89. The molecule has 0 radical (unpaired) electrons. The van der Waals surface area contributed by atoms with Crippen molar-refractivity contribution < 1.29 is 23.4 Å². The number of aromatic hydroxyl groups is 1. The number of phenols is 1. The van der Waals surface area contributed by atoms with Gasteiger partial charge in [-0.2, -0.15) is 0 Å². The first-order valence-corrected chi connectivity index (χ1v) is 15.2. The molecule has 2 aliphatic rings. The molecular weight excluding hydrogens is 569 g/mol. The maximum absolute atomic E-state index is 17.2. The summed E-state index contributed by atoms with van der Waals surface area (Å²) in [6, 6.07) is 6.35. The minimum atomic E-state index is -1.15. The minimum absolute atomic E-state index is 0.00334. The van der Waals surface area contributed by atoms with Crippen molar-refractivity contribution in [3.8, 4) is 22.6 Å². The molecule has 10 heteroatoms. The fourth-order valence-electron chi connectivity index (χ4n) is 6.99. The molecule has 2 N–H and O–H groups in total. The van der Waals surface area contributed by atoms with Gasteiger partial charge >= 0.3 is 0 Å². The number of phenolic OH excluding ortho intramolecular Hbond substituents is 1. The third-order valence-corrected chi connectivity index (χ3v) is 9.03. The van der Waals surface area contributed by atoms with E-state index >= 15 is 13.2 Å².